The fraction of sp³-hybridized carbons (Fsp3) is 0.500. The van der Waals surface area contributed by atoms with Crippen molar-refractivity contribution in [3.8, 4) is 0 Å². The van der Waals surface area contributed by atoms with E-state index in [1.807, 2.05) is 0 Å². The van der Waals surface area contributed by atoms with E-state index >= 15 is 0 Å². The van der Waals surface area contributed by atoms with Crippen LogP contribution in [0.5, 0.6) is 0 Å². The monoisotopic (exact) mass is 220 g/mol. The van der Waals surface area contributed by atoms with Crippen LogP contribution in [0.1, 0.15) is 30.1 Å². The van der Waals surface area contributed by atoms with Gasteiger partial charge in [0.1, 0.15) is 0 Å². The van der Waals surface area contributed by atoms with Crippen molar-refractivity contribution in [1.29, 1.82) is 0 Å². The number of rotatable bonds is 4. The quantitative estimate of drug-likeness (QED) is 0.843. The number of pyridine rings is 1. The lowest BCUT2D eigenvalue weighted by Crippen LogP contribution is -2.46. The molecule has 86 valence electrons. The van der Waals surface area contributed by atoms with E-state index in [2.05, 4.69) is 16.8 Å². The summed E-state index contributed by atoms with van der Waals surface area (Å²) in [5.41, 5.74) is 1.18. The van der Waals surface area contributed by atoms with Gasteiger partial charge >= 0.3 is 5.97 Å². The number of aromatic carboxylic acids is 1. The normalized spacial score (nSPS) is 15.9. The molecule has 0 saturated carbocycles. The number of aromatic nitrogens is 1. The Kier molecular flexibility index (Phi) is 3.08. The maximum Gasteiger partial charge on any atom is 0.337 e. The summed E-state index contributed by atoms with van der Waals surface area (Å²) in [5.74, 6) is -0.154. The van der Waals surface area contributed by atoms with Gasteiger partial charge in [-0.25, -0.2) is 4.79 Å². The van der Waals surface area contributed by atoms with Gasteiger partial charge in [-0.05, 0) is 18.4 Å². The molecule has 1 saturated heterocycles. The summed E-state index contributed by atoms with van der Waals surface area (Å²) in [7, 11) is 0. The molecule has 16 heavy (non-hydrogen) atoms. The van der Waals surface area contributed by atoms with E-state index in [1.165, 1.54) is 19.0 Å². The zero-order chi connectivity index (χ0) is 11.5. The molecule has 0 unspecified atom stereocenters. The highest BCUT2D eigenvalue weighted by Crippen LogP contribution is 2.27. The van der Waals surface area contributed by atoms with Crippen LogP contribution in [0, 0.1) is 5.92 Å². The number of carbonyl (C=O) groups is 1. The van der Waals surface area contributed by atoms with E-state index in [-0.39, 0.29) is 5.56 Å². The fourth-order valence-corrected chi connectivity index (χ4v) is 2.09. The molecule has 1 fully saturated rings. The molecule has 1 aliphatic rings. The number of carboxylic acid groups (broad SMARTS) is 1. The van der Waals surface area contributed by atoms with Crippen LogP contribution in [0.4, 0.5) is 5.69 Å². The minimum atomic E-state index is -0.917. The number of anilines is 1. The lowest BCUT2D eigenvalue weighted by Gasteiger charge is -2.41. The Morgan fingerprint density at radius 3 is 2.94 bits per heavy atom. The molecule has 0 radical (unpaired) electrons. The van der Waals surface area contributed by atoms with Crippen molar-refractivity contribution < 1.29 is 9.90 Å². The summed E-state index contributed by atoms with van der Waals surface area (Å²) in [6, 6.07) is 1.69. The Bertz CT molecular complexity index is 386. The zero-order valence-corrected chi connectivity index (χ0v) is 9.39. The molecular formula is C12H16N2O2. The van der Waals surface area contributed by atoms with Crippen molar-refractivity contribution in [3.63, 3.8) is 0 Å². The molecule has 0 atom stereocenters. The minimum Gasteiger partial charge on any atom is -0.478 e. The predicted octanol–water partition coefficient (Wildman–Crippen LogP) is 2.02. The van der Waals surface area contributed by atoms with Gasteiger partial charge in [0.15, 0.2) is 0 Å². The van der Waals surface area contributed by atoms with Crippen LogP contribution in [-0.4, -0.2) is 29.1 Å². The van der Waals surface area contributed by atoms with Crippen LogP contribution >= 0.6 is 0 Å². The summed E-state index contributed by atoms with van der Waals surface area (Å²) < 4.78 is 0. The molecule has 2 rings (SSSR count). The van der Waals surface area contributed by atoms with Crippen LogP contribution < -0.4 is 4.90 Å². The van der Waals surface area contributed by atoms with Crippen molar-refractivity contribution in [3.05, 3.63) is 24.0 Å². The van der Waals surface area contributed by atoms with Crippen molar-refractivity contribution in [2.24, 2.45) is 5.92 Å². The molecule has 4 nitrogen and oxygen atoms in total. The summed E-state index contributed by atoms with van der Waals surface area (Å²) in [6.45, 7) is 4.24. The summed E-state index contributed by atoms with van der Waals surface area (Å²) in [4.78, 5) is 16.9. The second-order valence-corrected chi connectivity index (χ2v) is 4.30. The Hall–Kier alpha value is -1.58. The number of hydrogen-bond acceptors (Lipinski definition) is 3. The largest absolute Gasteiger partial charge is 0.478 e. The van der Waals surface area contributed by atoms with E-state index in [1.54, 1.807) is 12.3 Å². The lowest BCUT2D eigenvalue weighted by molar-refractivity contribution is 0.0696. The third kappa shape index (κ3) is 2.15. The van der Waals surface area contributed by atoms with Crippen LogP contribution in [0.2, 0.25) is 0 Å². The SMILES string of the molecule is CCCC1CN(c2cncc(C(=O)O)c2)C1. The van der Waals surface area contributed by atoms with Crippen LogP contribution in [0.3, 0.4) is 0 Å². The number of nitrogens with zero attached hydrogens (tertiary/aromatic N) is 2. The first-order valence-electron chi connectivity index (χ1n) is 5.64. The Morgan fingerprint density at radius 2 is 2.31 bits per heavy atom. The Balaban J connectivity index is 2.01. The average Bonchev–Trinajstić information content (AvgIpc) is 2.23. The zero-order valence-electron chi connectivity index (χ0n) is 9.39. The van der Waals surface area contributed by atoms with Gasteiger partial charge in [-0.3, -0.25) is 4.98 Å². The third-order valence-electron chi connectivity index (χ3n) is 2.99. The van der Waals surface area contributed by atoms with Crippen molar-refractivity contribution in [2.75, 3.05) is 18.0 Å². The van der Waals surface area contributed by atoms with Crippen molar-refractivity contribution >= 4 is 11.7 Å². The van der Waals surface area contributed by atoms with Gasteiger partial charge in [-0.2, -0.15) is 0 Å². The van der Waals surface area contributed by atoms with Gasteiger partial charge in [-0.1, -0.05) is 13.3 Å². The molecule has 1 aliphatic heterocycles. The smallest absolute Gasteiger partial charge is 0.337 e. The third-order valence-corrected chi connectivity index (χ3v) is 2.99. The van der Waals surface area contributed by atoms with Gasteiger partial charge in [0.05, 0.1) is 17.4 Å². The molecule has 0 aromatic carbocycles. The molecule has 0 amide bonds. The molecule has 1 N–H and O–H groups in total. The second kappa shape index (κ2) is 4.51. The molecule has 2 heterocycles. The molecular weight excluding hydrogens is 204 g/mol. The minimum absolute atomic E-state index is 0.261. The fourth-order valence-electron chi connectivity index (χ4n) is 2.09. The van der Waals surface area contributed by atoms with Crippen LogP contribution in [-0.2, 0) is 0 Å². The maximum absolute atomic E-state index is 10.8. The first kappa shape index (κ1) is 10.9. The molecule has 1 aromatic heterocycles. The topological polar surface area (TPSA) is 53.4 Å². The van der Waals surface area contributed by atoms with Gasteiger partial charge in [0.25, 0.3) is 0 Å². The molecule has 4 heteroatoms. The number of carboxylic acids is 1. The van der Waals surface area contributed by atoms with Gasteiger partial charge < -0.3 is 10.0 Å². The van der Waals surface area contributed by atoms with E-state index in [0.717, 1.165) is 24.7 Å². The van der Waals surface area contributed by atoms with E-state index in [0.29, 0.717) is 0 Å². The second-order valence-electron chi connectivity index (χ2n) is 4.30. The van der Waals surface area contributed by atoms with Gasteiger partial charge in [0.2, 0.25) is 0 Å². The van der Waals surface area contributed by atoms with Crippen LogP contribution in [0.25, 0.3) is 0 Å². The molecule has 0 bridgehead atoms. The first-order chi connectivity index (χ1) is 7.70. The van der Waals surface area contributed by atoms with E-state index < -0.39 is 5.97 Å². The summed E-state index contributed by atoms with van der Waals surface area (Å²) in [6.07, 6.45) is 5.58. The average molecular weight is 220 g/mol. The van der Waals surface area contributed by atoms with Crippen LogP contribution in [0.15, 0.2) is 18.5 Å². The standard InChI is InChI=1S/C12H16N2O2/c1-2-3-9-7-14(8-9)11-4-10(12(15)16)5-13-6-11/h4-6,9H,2-3,7-8H2,1H3,(H,15,16). The first-order valence-corrected chi connectivity index (χ1v) is 5.64. The summed E-state index contributed by atoms with van der Waals surface area (Å²) >= 11 is 0. The molecule has 1 aromatic rings. The van der Waals surface area contributed by atoms with E-state index in [9.17, 15) is 4.79 Å². The van der Waals surface area contributed by atoms with Gasteiger partial charge in [-0.15, -0.1) is 0 Å². The highest BCUT2D eigenvalue weighted by molar-refractivity contribution is 5.88. The maximum atomic E-state index is 10.8. The highest BCUT2D eigenvalue weighted by atomic mass is 16.4. The summed E-state index contributed by atoms with van der Waals surface area (Å²) in [5, 5.41) is 8.86. The Morgan fingerprint density at radius 1 is 1.56 bits per heavy atom. The predicted molar refractivity (Wildman–Crippen MR) is 61.8 cm³/mol. The Labute approximate surface area is 94.9 Å². The van der Waals surface area contributed by atoms with E-state index in [4.69, 9.17) is 5.11 Å². The van der Waals surface area contributed by atoms with Crippen molar-refractivity contribution in [2.45, 2.75) is 19.8 Å². The molecule has 0 aliphatic carbocycles. The number of hydrogen-bond donors (Lipinski definition) is 1. The molecule has 0 spiro atoms. The van der Waals surface area contributed by atoms with Crippen molar-refractivity contribution in [1.82, 2.24) is 4.98 Å². The lowest BCUT2D eigenvalue weighted by atomic mass is 9.94. The van der Waals surface area contributed by atoms with Gasteiger partial charge in [0, 0.05) is 19.3 Å². The highest BCUT2D eigenvalue weighted by Gasteiger charge is 2.26.